The van der Waals surface area contributed by atoms with Crippen LogP contribution in [0, 0.1) is 12.7 Å². The van der Waals surface area contributed by atoms with Crippen LogP contribution in [0.25, 0.3) is 11.4 Å². The standard InChI is InChI=1S/C20H18FN3O2/c1-12-8-9-15(11-17(12)21)19(25)22-16-7-3-6-14(10-16)18-23-20(26-24-18)13-4-2-5-13/h3,6-11,13H,2,4-5H2,1H3,(H,22,25). The van der Waals surface area contributed by atoms with Crippen LogP contribution in [0.1, 0.15) is 47.0 Å². The van der Waals surface area contributed by atoms with E-state index in [9.17, 15) is 9.18 Å². The highest BCUT2D eigenvalue weighted by molar-refractivity contribution is 6.04. The molecule has 0 atom stereocenters. The zero-order chi connectivity index (χ0) is 18.1. The fourth-order valence-corrected chi connectivity index (χ4v) is 2.85. The number of hydrogen-bond acceptors (Lipinski definition) is 4. The molecule has 0 aliphatic heterocycles. The molecule has 5 nitrogen and oxygen atoms in total. The third kappa shape index (κ3) is 3.22. The molecule has 1 aromatic heterocycles. The second-order valence-electron chi connectivity index (χ2n) is 6.58. The SMILES string of the molecule is Cc1ccc(C(=O)Nc2cccc(-c3noc(C4CCC4)n3)c2)cc1F. The molecule has 132 valence electrons. The summed E-state index contributed by atoms with van der Waals surface area (Å²) in [5.74, 6) is 0.779. The topological polar surface area (TPSA) is 68.0 Å². The molecule has 26 heavy (non-hydrogen) atoms. The molecule has 4 rings (SSSR count). The summed E-state index contributed by atoms with van der Waals surface area (Å²) in [5.41, 5.74) is 2.11. The molecule has 1 fully saturated rings. The Morgan fingerprint density at radius 2 is 2.08 bits per heavy atom. The molecule has 0 radical (unpaired) electrons. The number of aryl methyl sites for hydroxylation is 1. The van der Waals surface area contributed by atoms with Gasteiger partial charge in [0.25, 0.3) is 5.91 Å². The van der Waals surface area contributed by atoms with Crippen molar-refractivity contribution >= 4 is 11.6 Å². The van der Waals surface area contributed by atoms with Crippen molar-refractivity contribution in [2.24, 2.45) is 0 Å². The molecule has 1 heterocycles. The van der Waals surface area contributed by atoms with E-state index in [2.05, 4.69) is 15.5 Å². The van der Waals surface area contributed by atoms with Crippen LogP contribution in [0.4, 0.5) is 10.1 Å². The summed E-state index contributed by atoms with van der Waals surface area (Å²) in [4.78, 5) is 16.8. The number of rotatable bonds is 4. The smallest absolute Gasteiger partial charge is 0.255 e. The maximum absolute atomic E-state index is 13.7. The first-order valence-corrected chi connectivity index (χ1v) is 8.62. The maximum atomic E-state index is 13.7. The van der Waals surface area contributed by atoms with Gasteiger partial charge in [-0.1, -0.05) is 29.8 Å². The van der Waals surface area contributed by atoms with Gasteiger partial charge in [-0.15, -0.1) is 0 Å². The van der Waals surface area contributed by atoms with Gasteiger partial charge in [0.05, 0.1) is 0 Å². The van der Waals surface area contributed by atoms with Gasteiger partial charge in [0.1, 0.15) is 5.82 Å². The Hall–Kier alpha value is -3.02. The van der Waals surface area contributed by atoms with Gasteiger partial charge in [-0.3, -0.25) is 4.79 Å². The van der Waals surface area contributed by atoms with Crippen molar-refractivity contribution in [3.05, 3.63) is 65.3 Å². The number of nitrogens with zero attached hydrogens (tertiary/aromatic N) is 2. The van der Waals surface area contributed by atoms with E-state index in [4.69, 9.17) is 4.52 Å². The van der Waals surface area contributed by atoms with Gasteiger partial charge in [-0.2, -0.15) is 4.98 Å². The third-order valence-corrected chi connectivity index (χ3v) is 4.71. The number of halogens is 1. The molecule has 6 heteroatoms. The van der Waals surface area contributed by atoms with Crippen LogP contribution in [0.15, 0.2) is 47.0 Å². The van der Waals surface area contributed by atoms with E-state index < -0.39 is 5.82 Å². The van der Waals surface area contributed by atoms with Crippen LogP contribution in [0.3, 0.4) is 0 Å². The Morgan fingerprint density at radius 1 is 1.23 bits per heavy atom. The summed E-state index contributed by atoms with van der Waals surface area (Å²) in [5, 5.41) is 6.82. The Balaban J connectivity index is 1.52. The first-order chi connectivity index (χ1) is 12.6. The molecule has 2 aromatic carbocycles. The molecule has 0 unspecified atom stereocenters. The second kappa shape index (κ2) is 6.71. The molecule has 1 aliphatic rings. The van der Waals surface area contributed by atoms with Gasteiger partial charge < -0.3 is 9.84 Å². The molecule has 0 spiro atoms. The van der Waals surface area contributed by atoms with Gasteiger partial charge in [0, 0.05) is 22.7 Å². The van der Waals surface area contributed by atoms with Crippen LogP contribution in [0.2, 0.25) is 0 Å². The second-order valence-corrected chi connectivity index (χ2v) is 6.58. The molecule has 0 bridgehead atoms. The zero-order valence-electron chi connectivity index (χ0n) is 14.3. The molecular weight excluding hydrogens is 333 g/mol. The lowest BCUT2D eigenvalue weighted by Crippen LogP contribution is -2.12. The van der Waals surface area contributed by atoms with Gasteiger partial charge in [-0.25, -0.2) is 4.39 Å². The number of amides is 1. The van der Waals surface area contributed by atoms with E-state index in [-0.39, 0.29) is 11.5 Å². The van der Waals surface area contributed by atoms with Crippen LogP contribution in [-0.2, 0) is 0 Å². The molecule has 1 N–H and O–H groups in total. The predicted octanol–water partition coefficient (Wildman–Crippen LogP) is 4.70. The summed E-state index contributed by atoms with van der Waals surface area (Å²) in [6.07, 6.45) is 3.37. The van der Waals surface area contributed by atoms with Crippen LogP contribution >= 0.6 is 0 Å². The predicted molar refractivity (Wildman–Crippen MR) is 95.4 cm³/mol. The lowest BCUT2D eigenvalue weighted by molar-refractivity contribution is 0.102. The number of hydrogen-bond donors (Lipinski definition) is 1. The summed E-state index contributed by atoms with van der Waals surface area (Å²) < 4.78 is 19.0. The van der Waals surface area contributed by atoms with Gasteiger partial charge in [0.15, 0.2) is 0 Å². The number of carbonyl (C=O) groups is 1. The maximum Gasteiger partial charge on any atom is 0.255 e. The zero-order valence-corrected chi connectivity index (χ0v) is 14.3. The summed E-state index contributed by atoms with van der Waals surface area (Å²) in [6, 6.07) is 11.6. The highest BCUT2D eigenvalue weighted by Crippen LogP contribution is 2.36. The Bertz CT molecular complexity index is 963. The summed E-state index contributed by atoms with van der Waals surface area (Å²) >= 11 is 0. The number of anilines is 1. The van der Waals surface area contributed by atoms with E-state index in [0.717, 1.165) is 18.4 Å². The van der Waals surface area contributed by atoms with Crippen molar-refractivity contribution in [3.63, 3.8) is 0 Å². The highest BCUT2D eigenvalue weighted by atomic mass is 19.1. The van der Waals surface area contributed by atoms with E-state index in [1.165, 1.54) is 12.5 Å². The highest BCUT2D eigenvalue weighted by Gasteiger charge is 2.25. The molecular formula is C20H18FN3O2. The fraction of sp³-hybridized carbons (Fsp3) is 0.250. The number of carbonyl (C=O) groups excluding carboxylic acids is 1. The lowest BCUT2D eigenvalue weighted by atomic mass is 9.85. The van der Waals surface area contributed by atoms with E-state index in [1.807, 2.05) is 6.07 Å². The molecule has 1 amide bonds. The summed E-state index contributed by atoms with van der Waals surface area (Å²) in [7, 11) is 0. The minimum absolute atomic E-state index is 0.269. The Morgan fingerprint density at radius 3 is 2.81 bits per heavy atom. The van der Waals surface area contributed by atoms with Crippen LogP contribution < -0.4 is 5.32 Å². The summed E-state index contributed by atoms with van der Waals surface area (Å²) in [6.45, 7) is 1.66. The molecule has 0 saturated heterocycles. The van der Waals surface area contributed by atoms with Crippen LogP contribution in [0.5, 0.6) is 0 Å². The number of benzene rings is 2. The average Bonchev–Trinajstić information content (AvgIpc) is 3.05. The fourth-order valence-electron chi connectivity index (χ4n) is 2.85. The van der Waals surface area contributed by atoms with Crippen molar-refractivity contribution in [2.45, 2.75) is 32.1 Å². The number of nitrogens with one attached hydrogen (secondary N) is 1. The number of aromatic nitrogens is 2. The Labute approximate surface area is 150 Å². The van der Waals surface area contributed by atoms with E-state index >= 15 is 0 Å². The lowest BCUT2D eigenvalue weighted by Gasteiger charge is -2.20. The van der Waals surface area contributed by atoms with Crippen molar-refractivity contribution in [3.8, 4) is 11.4 Å². The largest absolute Gasteiger partial charge is 0.339 e. The minimum atomic E-state index is -0.401. The molecule has 3 aromatic rings. The normalized spacial score (nSPS) is 14.1. The monoisotopic (exact) mass is 351 g/mol. The first-order valence-electron chi connectivity index (χ1n) is 8.62. The molecule has 1 aliphatic carbocycles. The quantitative estimate of drug-likeness (QED) is 0.739. The van der Waals surface area contributed by atoms with Gasteiger partial charge in [-0.05, 0) is 49.6 Å². The van der Waals surface area contributed by atoms with E-state index in [1.54, 1.807) is 37.3 Å². The average molecular weight is 351 g/mol. The van der Waals surface area contributed by atoms with Crippen molar-refractivity contribution in [1.29, 1.82) is 0 Å². The molecule has 1 saturated carbocycles. The van der Waals surface area contributed by atoms with Gasteiger partial charge in [0.2, 0.25) is 11.7 Å². The van der Waals surface area contributed by atoms with Gasteiger partial charge >= 0.3 is 0 Å². The van der Waals surface area contributed by atoms with Crippen molar-refractivity contribution < 1.29 is 13.7 Å². The van der Waals surface area contributed by atoms with Crippen LogP contribution in [-0.4, -0.2) is 16.0 Å². The van der Waals surface area contributed by atoms with Crippen molar-refractivity contribution in [2.75, 3.05) is 5.32 Å². The minimum Gasteiger partial charge on any atom is -0.339 e. The van der Waals surface area contributed by atoms with Crippen molar-refractivity contribution in [1.82, 2.24) is 10.1 Å². The van der Waals surface area contributed by atoms with E-state index in [0.29, 0.717) is 28.9 Å². The Kier molecular flexibility index (Phi) is 4.24. The third-order valence-electron chi connectivity index (χ3n) is 4.71. The first kappa shape index (κ1) is 16.4.